The summed E-state index contributed by atoms with van der Waals surface area (Å²) in [7, 11) is 0. The van der Waals surface area contributed by atoms with Crippen molar-refractivity contribution in [3.05, 3.63) is 113 Å². The molecule has 0 bridgehead atoms. The Morgan fingerprint density at radius 2 is 0.833 bits per heavy atom. The van der Waals surface area contributed by atoms with Crippen molar-refractivity contribution in [3.8, 4) is 0 Å². The summed E-state index contributed by atoms with van der Waals surface area (Å²) in [4.78, 5) is 12.0. The summed E-state index contributed by atoms with van der Waals surface area (Å²) in [6.07, 6.45) is 0. The lowest BCUT2D eigenvalue weighted by Gasteiger charge is -2.29. The SMILES string of the molecule is O=N[N+](Cc1ccccc1)(Cc1ccccc1)Cc1ccccc1. The van der Waals surface area contributed by atoms with E-state index < -0.39 is 0 Å². The molecule has 0 aliphatic carbocycles. The first-order valence-electron chi connectivity index (χ1n) is 8.12. The number of hydrogen-bond acceptors (Lipinski definition) is 2. The van der Waals surface area contributed by atoms with E-state index in [1.54, 1.807) is 0 Å². The molecule has 0 aliphatic rings. The van der Waals surface area contributed by atoms with Crippen LogP contribution < -0.4 is 0 Å². The maximum Gasteiger partial charge on any atom is 0.154 e. The molecule has 3 aromatic carbocycles. The average molecular weight is 317 g/mol. The van der Waals surface area contributed by atoms with E-state index in [2.05, 4.69) is 5.29 Å². The largest absolute Gasteiger partial charge is 0.154 e. The zero-order chi connectivity index (χ0) is 16.7. The molecule has 0 N–H and O–H groups in total. The highest BCUT2D eigenvalue weighted by Crippen LogP contribution is 2.24. The van der Waals surface area contributed by atoms with Crippen LogP contribution in [0.1, 0.15) is 16.7 Å². The Labute approximate surface area is 142 Å². The van der Waals surface area contributed by atoms with Gasteiger partial charge in [-0.1, -0.05) is 95.9 Å². The van der Waals surface area contributed by atoms with Crippen LogP contribution in [0.2, 0.25) is 0 Å². The molecule has 3 aromatic rings. The fraction of sp³-hybridized carbons (Fsp3) is 0.143. The van der Waals surface area contributed by atoms with Crippen LogP contribution in [0.4, 0.5) is 0 Å². The van der Waals surface area contributed by atoms with E-state index in [9.17, 15) is 4.91 Å². The van der Waals surface area contributed by atoms with E-state index in [4.69, 9.17) is 0 Å². The number of nitroso groups, excluding NO2 is 1. The molecular weight excluding hydrogens is 296 g/mol. The van der Waals surface area contributed by atoms with Crippen LogP contribution in [0.5, 0.6) is 0 Å². The van der Waals surface area contributed by atoms with Crippen molar-refractivity contribution in [1.29, 1.82) is 0 Å². The van der Waals surface area contributed by atoms with E-state index in [0.29, 0.717) is 19.6 Å². The van der Waals surface area contributed by atoms with Gasteiger partial charge in [0, 0.05) is 16.7 Å². The maximum atomic E-state index is 12.0. The Morgan fingerprint density at radius 1 is 0.542 bits per heavy atom. The van der Waals surface area contributed by atoms with Crippen LogP contribution in [0.25, 0.3) is 0 Å². The normalized spacial score (nSPS) is 11.2. The summed E-state index contributed by atoms with van der Waals surface area (Å²) in [5.41, 5.74) is 3.34. The standard InChI is InChI=1S/C21H21N2O/c24-22-23(16-19-10-4-1-5-11-19,17-20-12-6-2-7-13-20)18-21-14-8-3-9-15-21/h1-15H,16-18H2/q+1. The predicted octanol–water partition coefficient (Wildman–Crippen LogP) is 5.09. The van der Waals surface area contributed by atoms with E-state index in [1.807, 2.05) is 91.0 Å². The molecule has 24 heavy (non-hydrogen) atoms. The quantitative estimate of drug-likeness (QED) is 0.339. The lowest BCUT2D eigenvalue weighted by molar-refractivity contribution is -0.974. The van der Waals surface area contributed by atoms with Crippen LogP contribution in [0.3, 0.4) is 0 Å². The van der Waals surface area contributed by atoms with Crippen LogP contribution in [-0.4, -0.2) is 4.59 Å². The van der Waals surface area contributed by atoms with Gasteiger partial charge in [0.05, 0.1) is 0 Å². The van der Waals surface area contributed by atoms with Crippen LogP contribution in [-0.2, 0) is 19.6 Å². The molecular formula is C21H21N2O+. The molecule has 0 aliphatic heterocycles. The predicted molar refractivity (Wildman–Crippen MR) is 96.5 cm³/mol. The topological polar surface area (TPSA) is 29.4 Å². The van der Waals surface area contributed by atoms with Crippen LogP contribution >= 0.6 is 0 Å². The smallest absolute Gasteiger partial charge is 0.149 e. The summed E-state index contributed by atoms with van der Waals surface area (Å²) in [5, 5.41) is 3.59. The number of hydrogen-bond donors (Lipinski definition) is 0. The molecule has 0 aromatic heterocycles. The molecule has 0 heterocycles. The van der Waals surface area contributed by atoms with E-state index >= 15 is 0 Å². The number of rotatable bonds is 7. The number of nitrogens with zero attached hydrogens (tertiary/aromatic N) is 2. The van der Waals surface area contributed by atoms with Gasteiger partial charge < -0.3 is 0 Å². The van der Waals surface area contributed by atoms with Crippen LogP contribution in [0, 0.1) is 4.91 Å². The highest BCUT2D eigenvalue weighted by atomic mass is 16.3. The van der Waals surface area contributed by atoms with Crippen molar-refractivity contribution in [2.75, 3.05) is 0 Å². The number of benzene rings is 3. The first-order chi connectivity index (χ1) is 11.8. The Bertz CT molecular complexity index is 656. The fourth-order valence-corrected chi connectivity index (χ4v) is 3.02. The number of quaternary nitrogens is 1. The molecule has 3 nitrogen and oxygen atoms in total. The molecule has 0 saturated heterocycles. The minimum absolute atomic E-state index is 0.109. The third-order valence-electron chi connectivity index (χ3n) is 4.13. The lowest BCUT2D eigenvalue weighted by atomic mass is 10.1. The van der Waals surface area contributed by atoms with E-state index in [0.717, 1.165) is 16.7 Å². The van der Waals surface area contributed by atoms with Gasteiger partial charge in [-0.05, 0) is 0 Å². The van der Waals surface area contributed by atoms with Gasteiger partial charge >= 0.3 is 0 Å². The Morgan fingerprint density at radius 3 is 1.08 bits per heavy atom. The fourth-order valence-electron chi connectivity index (χ4n) is 3.02. The first kappa shape index (κ1) is 16.1. The zero-order valence-electron chi connectivity index (χ0n) is 13.6. The first-order valence-corrected chi connectivity index (χ1v) is 8.12. The summed E-state index contributed by atoms with van der Waals surface area (Å²) < 4.78 is 0.109. The molecule has 0 amide bonds. The van der Waals surface area contributed by atoms with Gasteiger partial charge in [0.25, 0.3) is 0 Å². The molecule has 0 radical (unpaired) electrons. The molecule has 0 unspecified atom stereocenters. The van der Waals surface area contributed by atoms with Crippen molar-refractivity contribution < 1.29 is 4.59 Å². The minimum Gasteiger partial charge on any atom is -0.149 e. The van der Waals surface area contributed by atoms with Gasteiger partial charge in [0.15, 0.2) is 5.29 Å². The summed E-state index contributed by atoms with van der Waals surface area (Å²) in [6.45, 7) is 1.73. The lowest BCUT2D eigenvalue weighted by Crippen LogP contribution is -2.40. The Hall–Kier alpha value is -2.78. The monoisotopic (exact) mass is 317 g/mol. The van der Waals surface area contributed by atoms with Gasteiger partial charge in [0.2, 0.25) is 0 Å². The molecule has 0 fully saturated rings. The summed E-state index contributed by atoms with van der Waals surface area (Å²) in [5.74, 6) is 0. The molecule has 0 saturated carbocycles. The molecule has 120 valence electrons. The third kappa shape index (κ3) is 4.15. The van der Waals surface area contributed by atoms with Crippen molar-refractivity contribution >= 4 is 0 Å². The van der Waals surface area contributed by atoms with E-state index in [1.165, 1.54) is 0 Å². The molecule has 3 rings (SSSR count). The van der Waals surface area contributed by atoms with E-state index in [-0.39, 0.29) is 4.59 Å². The highest BCUT2D eigenvalue weighted by Gasteiger charge is 2.31. The average Bonchev–Trinajstić information content (AvgIpc) is 2.64. The molecule has 3 heteroatoms. The Kier molecular flexibility index (Phi) is 5.14. The van der Waals surface area contributed by atoms with Gasteiger partial charge in [-0.25, -0.2) is 0 Å². The van der Waals surface area contributed by atoms with Gasteiger partial charge in [0.1, 0.15) is 19.6 Å². The van der Waals surface area contributed by atoms with Gasteiger partial charge in [-0.3, -0.25) is 0 Å². The van der Waals surface area contributed by atoms with Crippen molar-refractivity contribution in [2.45, 2.75) is 19.6 Å². The minimum atomic E-state index is 0.109. The van der Waals surface area contributed by atoms with Crippen molar-refractivity contribution in [1.82, 2.24) is 0 Å². The van der Waals surface area contributed by atoms with Gasteiger partial charge in [-0.15, -0.1) is 4.59 Å². The van der Waals surface area contributed by atoms with Crippen molar-refractivity contribution in [3.63, 3.8) is 0 Å². The van der Waals surface area contributed by atoms with Crippen molar-refractivity contribution in [2.24, 2.45) is 5.29 Å². The second kappa shape index (κ2) is 7.66. The molecule has 0 spiro atoms. The second-order valence-electron chi connectivity index (χ2n) is 6.11. The van der Waals surface area contributed by atoms with Crippen LogP contribution in [0.15, 0.2) is 96.3 Å². The molecule has 0 atom stereocenters. The summed E-state index contributed by atoms with van der Waals surface area (Å²) in [6, 6.07) is 30.3. The highest BCUT2D eigenvalue weighted by molar-refractivity contribution is 5.17. The second-order valence-corrected chi connectivity index (χ2v) is 6.11. The zero-order valence-corrected chi connectivity index (χ0v) is 13.6. The maximum absolute atomic E-state index is 12.0. The summed E-state index contributed by atoms with van der Waals surface area (Å²) >= 11 is 0. The third-order valence-corrected chi connectivity index (χ3v) is 4.13. The Balaban J connectivity index is 1.92. The van der Waals surface area contributed by atoms with Gasteiger partial charge in [-0.2, -0.15) is 0 Å².